The van der Waals surface area contributed by atoms with Crippen molar-refractivity contribution in [1.82, 2.24) is 13.9 Å². The highest BCUT2D eigenvalue weighted by molar-refractivity contribution is 7.99. The molecule has 2 heterocycles. The smallest absolute Gasteiger partial charge is 0.243 e. The van der Waals surface area contributed by atoms with E-state index in [2.05, 4.69) is 11.5 Å². The van der Waals surface area contributed by atoms with Crippen molar-refractivity contribution in [2.75, 3.05) is 45.3 Å². The topological polar surface area (TPSA) is 82.9 Å². The fourth-order valence-corrected chi connectivity index (χ4v) is 6.01. The van der Waals surface area contributed by atoms with Crippen LogP contribution >= 0.6 is 11.8 Å². The van der Waals surface area contributed by atoms with Gasteiger partial charge in [-0.05, 0) is 56.3 Å². The molecule has 1 aliphatic heterocycles. The molecule has 0 bridgehead atoms. The van der Waals surface area contributed by atoms with Crippen LogP contribution in [0.1, 0.15) is 13.8 Å². The van der Waals surface area contributed by atoms with E-state index in [0.29, 0.717) is 45.0 Å². The predicted molar refractivity (Wildman–Crippen MR) is 129 cm³/mol. The molecule has 0 atom stereocenters. The zero-order chi connectivity index (χ0) is 23.3. The van der Waals surface area contributed by atoms with E-state index in [1.165, 1.54) is 4.31 Å². The lowest BCUT2D eigenvalue weighted by Gasteiger charge is -2.26. The Hall–Kier alpha value is -2.27. The third-order valence-electron chi connectivity index (χ3n) is 5.33. The van der Waals surface area contributed by atoms with Gasteiger partial charge in [0.1, 0.15) is 11.5 Å². The number of morpholine rings is 1. The van der Waals surface area contributed by atoms with E-state index in [9.17, 15) is 8.42 Å². The fourth-order valence-electron chi connectivity index (χ4n) is 3.69. The van der Waals surface area contributed by atoms with Gasteiger partial charge in [-0.15, -0.1) is 0 Å². The lowest BCUT2D eigenvalue weighted by Crippen LogP contribution is -2.40. The molecule has 10 heteroatoms. The molecule has 1 aromatic heterocycles. The van der Waals surface area contributed by atoms with Crippen molar-refractivity contribution < 1.29 is 22.6 Å². The minimum atomic E-state index is -3.55. The van der Waals surface area contributed by atoms with Gasteiger partial charge in [-0.1, -0.05) is 11.8 Å². The van der Waals surface area contributed by atoms with Gasteiger partial charge in [-0.25, -0.2) is 13.4 Å². The van der Waals surface area contributed by atoms with Crippen LogP contribution in [0.15, 0.2) is 52.5 Å². The number of hydrogen-bond acceptors (Lipinski definition) is 7. The number of benzene rings is 2. The molecule has 0 N–H and O–H groups in total. The molecule has 4 rings (SSSR count). The number of imidazole rings is 1. The zero-order valence-corrected chi connectivity index (χ0v) is 20.5. The van der Waals surface area contributed by atoms with Gasteiger partial charge in [0, 0.05) is 25.4 Å². The molecule has 2 aromatic carbocycles. The Kier molecular flexibility index (Phi) is 7.79. The maximum absolute atomic E-state index is 13.0. The van der Waals surface area contributed by atoms with E-state index in [1.807, 2.05) is 37.3 Å². The molecule has 0 aliphatic carbocycles. The maximum Gasteiger partial charge on any atom is 0.243 e. The van der Waals surface area contributed by atoms with Crippen LogP contribution in [0, 0.1) is 0 Å². The van der Waals surface area contributed by atoms with E-state index in [-0.39, 0.29) is 4.90 Å². The first-order valence-corrected chi connectivity index (χ1v) is 13.5. The van der Waals surface area contributed by atoms with Crippen molar-refractivity contribution in [1.29, 1.82) is 0 Å². The molecule has 1 aliphatic rings. The summed E-state index contributed by atoms with van der Waals surface area (Å²) in [6, 6.07) is 12.8. The number of rotatable bonds is 10. The van der Waals surface area contributed by atoms with Crippen LogP contribution in [0.4, 0.5) is 0 Å². The molecule has 0 spiro atoms. The van der Waals surface area contributed by atoms with Gasteiger partial charge >= 0.3 is 0 Å². The highest BCUT2D eigenvalue weighted by Crippen LogP contribution is 2.28. The Labute approximate surface area is 198 Å². The number of ether oxygens (including phenoxy) is 3. The molecular formula is C23H29N3O5S2. The second-order valence-electron chi connectivity index (χ2n) is 7.41. The molecule has 3 aromatic rings. The summed E-state index contributed by atoms with van der Waals surface area (Å²) in [5, 5.41) is 0.851. The van der Waals surface area contributed by atoms with Crippen LogP contribution in [0.5, 0.6) is 11.5 Å². The molecule has 0 amide bonds. The molecule has 33 heavy (non-hydrogen) atoms. The first-order valence-electron chi connectivity index (χ1n) is 11.1. The highest BCUT2D eigenvalue weighted by Gasteiger charge is 2.27. The lowest BCUT2D eigenvalue weighted by atomic mass is 10.3. The van der Waals surface area contributed by atoms with Crippen molar-refractivity contribution in [3.05, 3.63) is 42.5 Å². The van der Waals surface area contributed by atoms with Gasteiger partial charge in [0.25, 0.3) is 0 Å². The number of aryl methyl sites for hydroxylation is 1. The summed E-state index contributed by atoms with van der Waals surface area (Å²) in [4.78, 5) is 5.00. The lowest BCUT2D eigenvalue weighted by molar-refractivity contribution is 0.0730. The number of aromatic nitrogens is 2. The SMILES string of the molecule is CCOc1ccc(OCCSc2nc3cc(S(=O)(=O)N4CCOCC4)ccc3n2CC)cc1. The third kappa shape index (κ3) is 5.46. The van der Waals surface area contributed by atoms with E-state index >= 15 is 0 Å². The Morgan fingerprint density at radius 1 is 1.03 bits per heavy atom. The average Bonchev–Trinajstić information content (AvgIpc) is 3.20. The van der Waals surface area contributed by atoms with E-state index in [1.54, 1.807) is 23.9 Å². The van der Waals surface area contributed by atoms with Crippen molar-refractivity contribution in [2.24, 2.45) is 0 Å². The van der Waals surface area contributed by atoms with Crippen LogP contribution < -0.4 is 9.47 Å². The number of nitrogens with zero attached hydrogens (tertiary/aromatic N) is 3. The molecule has 0 unspecified atom stereocenters. The van der Waals surface area contributed by atoms with E-state index in [0.717, 1.165) is 34.5 Å². The Bertz CT molecular complexity index is 1170. The van der Waals surface area contributed by atoms with Gasteiger partial charge in [-0.3, -0.25) is 0 Å². The average molecular weight is 492 g/mol. The summed E-state index contributed by atoms with van der Waals surface area (Å²) in [6.45, 7) is 7.51. The quantitative estimate of drug-likeness (QED) is 0.316. The minimum Gasteiger partial charge on any atom is -0.494 e. The number of thioether (sulfide) groups is 1. The van der Waals surface area contributed by atoms with Gasteiger partial charge < -0.3 is 18.8 Å². The van der Waals surface area contributed by atoms with E-state index in [4.69, 9.17) is 19.2 Å². The summed E-state index contributed by atoms with van der Waals surface area (Å²) in [5.74, 6) is 2.34. The number of hydrogen-bond donors (Lipinski definition) is 0. The summed E-state index contributed by atoms with van der Waals surface area (Å²) < 4.78 is 46.1. The summed E-state index contributed by atoms with van der Waals surface area (Å²) in [5.41, 5.74) is 1.61. The number of fused-ring (bicyclic) bond motifs is 1. The Balaban J connectivity index is 1.43. The first kappa shape index (κ1) is 23.9. The largest absolute Gasteiger partial charge is 0.494 e. The molecule has 1 fully saturated rings. The van der Waals surface area contributed by atoms with Gasteiger partial charge in [0.05, 0.1) is 42.4 Å². The molecule has 8 nitrogen and oxygen atoms in total. The van der Waals surface area contributed by atoms with Crippen molar-refractivity contribution in [3.8, 4) is 11.5 Å². The van der Waals surface area contributed by atoms with Crippen LogP contribution in [0.2, 0.25) is 0 Å². The first-order chi connectivity index (χ1) is 16.0. The maximum atomic E-state index is 13.0. The van der Waals surface area contributed by atoms with Crippen LogP contribution in [0.3, 0.4) is 0 Å². The van der Waals surface area contributed by atoms with E-state index < -0.39 is 10.0 Å². The molecule has 1 saturated heterocycles. The summed E-state index contributed by atoms with van der Waals surface area (Å²) in [7, 11) is -3.55. The zero-order valence-electron chi connectivity index (χ0n) is 18.9. The Morgan fingerprint density at radius 2 is 1.73 bits per heavy atom. The fraction of sp³-hybridized carbons (Fsp3) is 0.435. The second-order valence-corrected chi connectivity index (χ2v) is 10.4. The number of sulfonamides is 1. The normalized spacial score (nSPS) is 15.1. The van der Waals surface area contributed by atoms with Crippen molar-refractivity contribution in [2.45, 2.75) is 30.4 Å². The molecule has 0 saturated carbocycles. The van der Waals surface area contributed by atoms with Gasteiger partial charge in [0.15, 0.2) is 5.16 Å². The minimum absolute atomic E-state index is 0.271. The summed E-state index contributed by atoms with van der Waals surface area (Å²) in [6.07, 6.45) is 0. The molecular weight excluding hydrogens is 462 g/mol. The third-order valence-corrected chi connectivity index (χ3v) is 8.16. The highest BCUT2D eigenvalue weighted by atomic mass is 32.2. The summed E-state index contributed by atoms with van der Waals surface area (Å²) >= 11 is 1.60. The standard InChI is InChI=1S/C23H29N3O5S2/c1-3-26-22-10-9-20(33(27,28)25-11-13-29-14-12-25)17-21(22)24-23(26)32-16-15-31-19-7-5-18(6-8-19)30-4-2/h5-10,17H,3-4,11-16H2,1-2H3. The van der Waals surface area contributed by atoms with Crippen LogP contribution in [-0.2, 0) is 21.3 Å². The predicted octanol–water partition coefficient (Wildman–Crippen LogP) is 3.65. The van der Waals surface area contributed by atoms with Crippen molar-refractivity contribution >= 4 is 32.8 Å². The van der Waals surface area contributed by atoms with Gasteiger partial charge in [0.2, 0.25) is 10.0 Å². The molecule has 178 valence electrons. The van der Waals surface area contributed by atoms with Crippen molar-refractivity contribution in [3.63, 3.8) is 0 Å². The van der Waals surface area contributed by atoms with Crippen LogP contribution in [-0.4, -0.2) is 67.5 Å². The molecule has 0 radical (unpaired) electrons. The van der Waals surface area contributed by atoms with Gasteiger partial charge in [-0.2, -0.15) is 4.31 Å². The Morgan fingerprint density at radius 3 is 2.39 bits per heavy atom. The second kappa shape index (κ2) is 10.8. The monoisotopic (exact) mass is 491 g/mol. The van der Waals surface area contributed by atoms with Crippen LogP contribution in [0.25, 0.3) is 11.0 Å².